The molecule has 2 rings (SSSR count). The van der Waals surface area contributed by atoms with Crippen molar-refractivity contribution in [2.75, 3.05) is 0 Å². The quantitative estimate of drug-likeness (QED) is 0.860. The fourth-order valence-corrected chi connectivity index (χ4v) is 3.34. The van der Waals surface area contributed by atoms with Crippen molar-refractivity contribution in [2.45, 2.75) is 46.0 Å². The number of hydrogen-bond acceptors (Lipinski definition) is 1. The zero-order valence-electron chi connectivity index (χ0n) is 11.3. The molecule has 0 spiro atoms. The molecule has 98 valence electrons. The average Bonchev–Trinajstić information content (AvgIpc) is 2.68. The summed E-state index contributed by atoms with van der Waals surface area (Å²) in [5.41, 5.74) is 1.89. The minimum atomic E-state index is -0.623. The Morgan fingerprint density at radius 3 is 2.33 bits per heavy atom. The van der Waals surface area contributed by atoms with Gasteiger partial charge in [0.05, 0.1) is 5.41 Å². The van der Waals surface area contributed by atoms with Crippen molar-refractivity contribution in [3.8, 4) is 0 Å². The molecule has 0 bridgehead atoms. The maximum atomic E-state index is 11.7. The van der Waals surface area contributed by atoms with Gasteiger partial charge in [0, 0.05) is 0 Å². The number of fused-ring (bicyclic) bond motifs is 1. The van der Waals surface area contributed by atoms with Gasteiger partial charge in [-0.2, -0.15) is 0 Å². The van der Waals surface area contributed by atoms with E-state index in [4.69, 9.17) is 0 Å². The molecular formula is C16H22O2. The number of rotatable bonds is 5. The topological polar surface area (TPSA) is 37.3 Å². The number of carbonyl (C=O) groups is 1. The van der Waals surface area contributed by atoms with Crippen LogP contribution in [0.5, 0.6) is 0 Å². The molecule has 0 heterocycles. The predicted molar refractivity (Wildman–Crippen MR) is 72.6 cm³/mol. The summed E-state index contributed by atoms with van der Waals surface area (Å²) in [6.07, 6.45) is 4.44. The fourth-order valence-electron chi connectivity index (χ4n) is 3.34. The monoisotopic (exact) mass is 246 g/mol. The molecule has 2 heteroatoms. The Bertz CT molecular complexity index is 411. The van der Waals surface area contributed by atoms with Crippen LogP contribution in [-0.2, 0) is 17.6 Å². The summed E-state index contributed by atoms with van der Waals surface area (Å²) in [5.74, 6) is -0.137. The van der Waals surface area contributed by atoms with E-state index in [-0.39, 0.29) is 0 Å². The molecule has 1 atom stereocenters. The van der Waals surface area contributed by atoms with Gasteiger partial charge in [-0.1, -0.05) is 51.0 Å². The van der Waals surface area contributed by atoms with E-state index in [2.05, 4.69) is 26.0 Å². The fraction of sp³-hybridized carbons (Fsp3) is 0.562. The van der Waals surface area contributed by atoms with Gasteiger partial charge >= 0.3 is 5.97 Å². The number of hydrogen-bond donors (Lipinski definition) is 1. The third-order valence-electron chi connectivity index (χ3n) is 4.15. The van der Waals surface area contributed by atoms with Crippen LogP contribution in [0.3, 0.4) is 0 Å². The molecule has 0 amide bonds. The van der Waals surface area contributed by atoms with Crippen LogP contribution in [0.4, 0.5) is 0 Å². The summed E-state index contributed by atoms with van der Waals surface area (Å²) in [5, 5.41) is 9.65. The van der Waals surface area contributed by atoms with Gasteiger partial charge in [0.15, 0.2) is 0 Å². The van der Waals surface area contributed by atoms with Gasteiger partial charge in [0.1, 0.15) is 0 Å². The van der Waals surface area contributed by atoms with Crippen molar-refractivity contribution < 1.29 is 9.90 Å². The molecule has 0 aliphatic heterocycles. The lowest BCUT2D eigenvalue weighted by Crippen LogP contribution is -2.33. The van der Waals surface area contributed by atoms with Gasteiger partial charge in [0.25, 0.3) is 0 Å². The Balaban J connectivity index is 2.19. The minimum absolute atomic E-state index is 0.486. The summed E-state index contributed by atoms with van der Waals surface area (Å²) in [6.45, 7) is 4.34. The largest absolute Gasteiger partial charge is 0.481 e. The van der Waals surface area contributed by atoms with E-state index in [0.717, 1.165) is 19.3 Å². The lowest BCUT2D eigenvalue weighted by atomic mass is 9.76. The van der Waals surface area contributed by atoms with Crippen LogP contribution in [0.1, 0.15) is 44.2 Å². The van der Waals surface area contributed by atoms with E-state index >= 15 is 0 Å². The number of benzene rings is 1. The third-order valence-corrected chi connectivity index (χ3v) is 4.15. The summed E-state index contributed by atoms with van der Waals surface area (Å²) in [6, 6.07) is 8.16. The molecule has 1 aromatic carbocycles. The summed E-state index contributed by atoms with van der Waals surface area (Å²) < 4.78 is 0. The molecule has 0 fully saturated rings. The van der Waals surface area contributed by atoms with Crippen LogP contribution in [0.15, 0.2) is 24.3 Å². The number of aliphatic carboxylic acids is 1. The van der Waals surface area contributed by atoms with Crippen LogP contribution < -0.4 is 0 Å². The molecule has 1 aromatic rings. The Morgan fingerprint density at radius 1 is 1.33 bits per heavy atom. The SMILES string of the molecule is CCCC(C)CC1(C(=O)O)Cc2ccccc2C1. The highest BCUT2D eigenvalue weighted by atomic mass is 16.4. The van der Waals surface area contributed by atoms with Crippen LogP contribution in [0, 0.1) is 11.3 Å². The predicted octanol–water partition coefficient (Wildman–Crippen LogP) is 3.68. The Hall–Kier alpha value is -1.31. The Labute approximate surface area is 109 Å². The van der Waals surface area contributed by atoms with E-state index in [9.17, 15) is 9.90 Å². The molecule has 0 radical (unpaired) electrons. The van der Waals surface area contributed by atoms with Gasteiger partial charge < -0.3 is 5.11 Å². The summed E-state index contributed by atoms with van der Waals surface area (Å²) >= 11 is 0. The van der Waals surface area contributed by atoms with Crippen LogP contribution in [-0.4, -0.2) is 11.1 Å². The smallest absolute Gasteiger partial charge is 0.310 e. The zero-order valence-corrected chi connectivity index (χ0v) is 11.3. The first-order valence-electron chi connectivity index (χ1n) is 6.87. The standard InChI is InChI=1S/C16H22O2/c1-3-6-12(2)9-16(15(17)18)10-13-7-4-5-8-14(13)11-16/h4-5,7-8,12H,3,6,9-11H2,1-2H3,(H,17,18). The minimum Gasteiger partial charge on any atom is -0.481 e. The van der Waals surface area contributed by atoms with Crippen molar-refractivity contribution in [2.24, 2.45) is 11.3 Å². The first-order valence-corrected chi connectivity index (χ1v) is 6.87. The zero-order chi connectivity index (χ0) is 13.2. The molecule has 2 nitrogen and oxygen atoms in total. The second-order valence-electron chi connectivity index (χ2n) is 5.81. The van der Waals surface area contributed by atoms with Gasteiger partial charge in [-0.3, -0.25) is 4.79 Å². The molecule has 1 aliphatic carbocycles. The van der Waals surface area contributed by atoms with Crippen molar-refractivity contribution >= 4 is 5.97 Å². The summed E-state index contributed by atoms with van der Waals surface area (Å²) in [4.78, 5) is 11.7. The van der Waals surface area contributed by atoms with Gasteiger partial charge in [-0.25, -0.2) is 0 Å². The second-order valence-corrected chi connectivity index (χ2v) is 5.81. The van der Waals surface area contributed by atoms with E-state index < -0.39 is 11.4 Å². The second kappa shape index (κ2) is 5.13. The molecule has 1 N–H and O–H groups in total. The van der Waals surface area contributed by atoms with Crippen LogP contribution in [0.2, 0.25) is 0 Å². The number of carboxylic acid groups (broad SMARTS) is 1. The highest BCUT2D eigenvalue weighted by Crippen LogP contribution is 2.42. The molecule has 1 unspecified atom stereocenters. The van der Waals surface area contributed by atoms with Crippen molar-refractivity contribution in [3.63, 3.8) is 0 Å². The molecule has 0 aromatic heterocycles. The van der Waals surface area contributed by atoms with Crippen molar-refractivity contribution in [3.05, 3.63) is 35.4 Å². The van der Waals surface area contributed by atoms with Gasteiger partial charge in [-0.15, -0.1) is 0 Å². The molecular weight excluding hydrogens is 224 g/mol. The van der Waals surface area contributed by atoms with Crippen LogP contribution >= 0.6 is 0 Å². The normalized spacial score (nSPS) is 18.3. The highest BCUT2D eigenvalue weighted by Gasteiger charge is 2.44. The van der Waals surface area contributed by atoms with E-state index in [0.29, 0.717) is 18.8 Å². The maximum absolute atomic E-state index is 11.7. The van der Waals surface area contributed by atoms with Gasteiger partial charge in [0.2, 0.25) is 0 Å². The lowest BCUT2D eigenvalue weighted by Gasteiger charge is -2.27. The molecule has 0 saturated carbocycles. The number of carboxylic acids is 1. The average molecular weight is 246 g/mol. The highest BCUT2D eigenvalue weighted by molar-refractivity contribution is 5.77. The molecule has 0 saturated heterocycles. The maximum Gasteiger partial charge on any atom is 0.310 e. The van der Waals surface area contributed by atoms with Crippen molar-refractivity contribution in [1.29, 1.82) is 0 Å². The van der Waals surface area contributed by atoms with E-state index in [1.807, 2.05) is 12.1 Å². The first kappa shape index (κ1) is 13.1. The molecule has 18 heavy (non-hydrogen) atoms. The summed E-state index contributed by atoms with van der Waals surface area (Å²) in [7, 11) is 0. The van der Waals surface area contributed by atoms with E-state index in [1.165, 1.54) is 11.1 Å². The Kier molecular flexibility index (Phi) is 3.74. The van der Waals surface area contributed by atoms with E-state index in [1.54, 1.807) is 0 Å². The van der Waals surface area contributed by atoms with Gasteiger partial charge in [-0.05, 0) is 36.3 Å². The lowest BCUT2D eigenvalue weighted by molar-refractivity contribution is -0.149. The van der Waals surface area contributed by atoms with Crippen molar-refractivity contribution in [1.82, 2.24) is 0 Å². The Morgan fingerprint density at radius 2 is 1.89 bits per heavy atom. The molecule has 1 aliphatic rings. The third kappa shape index (κ3) is 2.43. The van der Waals surface area contributed by atoms with Crippen LogP contribution in [0.25, 0.3) is 0 Å². The first-order chi connectivity index (χ1) is 8.57.